The first-order chi connectivity index (χ1) is 7.00. The molecule has 0 saturated carbocycles. The number of hydrogen-bond donors (Lipinski definition) is 1. The number of carboxylic acids is 1. The lowest BCUT2D eigenvalue weighted by Crippen LogP contribution is -2.23. The number of ether oxygens (including phenoxy) is 1. The first-order valence-corrected chi connectivity index (χ1v) is 5.04. The zero-order valence-electron chi connectivity index (χ0n) is 8.97. The zero-order chi connectivity index (χ0) is 11.4. The zero-order valence-corrected chi connectivity index (χ0v) is 8.97. The van der Waals surface area contributed by atoms with Gasteiger partial charge in [-0.1, -0.05) is 19.1 Å². The van der Waals surface area contributed by atoms with Crippen LogP contribution in [0.2, 0.25) is 0 Å². The largest absolute Gasteiger partial charge is 0.481 e. The molecular weight excluding hydrogens is 196 g/mol. The molecule has 3 atom stereocenters. The minimum absolute atomic E-state index is 0.0168. The maximum Gasteiger partial charge on any atom is 0.303 e. The maximum absolute atomic E-state index is 10.7. The summed E-state index contributed by atoms with van der Waals surface area (Å²) in [7, 11) is 0. The lowest BCUT2D eigenvalue weighted by atomic mass is 9.88. The van der Waals surface area contributed by atoms with Crippen molar-refractivity contribution in [2.45, 2.75) is 20.3 Å². The van der Waals surface area contributed by atoms with Gasteiger partial charge in [0, 0.05) is 12.8 Å². The molecule has 1 rings (SSSR count). The van der Waals surface area contributed by atoms with Gasteiger partial charge in [-0.25, -0.2) is 0 Å². The minimum Gasteiger partial charge on any atom is -0.481 e. The summed E-state index contributed by atoms with van der Waals surface area (Å²) in [6.07, 6.45) is 4.00. The van der Waals surface area contributed by atoms with Gasteiger partial charge in [0.2, 0.25) is 0 Å². The number of carbonyl (C=O) groups excluding carboxylic acids is 1. The lowest BCUT2D eigenvalue weighted by molar-refractivity contribution is -0.143. The Morgan fingerprint density at radius 3 is 2.60 bits per heavy atom. The van der Waals surface area contributed by atoms with Crippen molar-refractivity contribution >= 4 is 11.9 Å². The highest BCUT2D eigenvalue weighted by Gasteiger charge is 2.31. The quantitative estimate of drug-likeness (QED) is 0.566. The Kier molecular flexibility index (Phi) is 3.88. The number of aliphatic carboxylic acids is 1. The average molecular weight is 212 g/mol. The van der Waals surface area contributed by atoms with Gasteiger partial charge in [0.15, 0.2) is 0 Å². The highest BCUT2D eigenvalue weighted by molar-refractivity contribution is 5.67. The van der Waals surface area contributed by atoms with Gasteiger partial charge in [0.05, 0.1) is 13.0 Å². The molecule has 0 spiro atoms. The van der Waals surface area contributed by atoms with Crippen molar-refractivity contribution < 1.29 is 19.4 Å². The van der Waals surface area contributed by atoms with E-state index in [0.717, 1.165) is 0 Å². The molecule has 0 aromatic carbocycles. The van der Waals surface area contributed by atoms with Crippen LogP contribution in [0.15, 0.2) is 12.2 Å². The van der Waals surface area contributed by atoms with Crippen LogP contribution < -0.4 is 0 Å². The number of hydrogen-bond acceptors (Lipinski definition) is 3. The average Bonchev–Trinajstić information content (AvgIpc) is 2.43. The van der Waals surface area contributed by atoms with Crippen LogP contribution in [0.1, 0.15) is 20.3 Å². The predicted octanol–water partition coefficient (Wildman–Crippen LogP) is 1.46. The van der Waals surface area contributed by atoms with Crippen LogP contribution in [0.4, 0.5) is 0 Å². The minimum atomic E-state index is -0.813. The first-order valence-electron chi connectivity index (χ1n) is 5.04. The molecule has 1 aliphatic carbocycles. The summed E-state index contributed by atoms with van der Waals surface area (Å²) in [5.41, 5.74) is 0. The van der Waals surface area contributed by atoms with Crippen molar-refractivity contribution in [1.29, 1.82) is 0 Å². The van der Waals surface area contributed by atoms with E-state index in [2.05, 4.69) is 0 Å². The van der Waals surface area contributed by atoms with Gasteiger partial charge in [-0.05, 0) is 11.8 Å². The summed E-state index contributed by atoms with van der Waals surface area (Å²) in [6, 6.07) is 0. The van der Waals surface area contributed by atoms with Gasteiger partial charge < -0.3 is 9.84 Å². The van der Waals surface area contributed by atoms with Crippen LogP contribution in [0.25, 0.3) is 0 Å². The summed E-state index contributed by atoms with van der Waals surface area (Å²) in [4.78, 5) is 21.3. The Bertz CT molecular complexity index is 282. The molecule has 0 aliphatic heterocycles. The monoisotopic (exact) mass is 212 g/mol. The molecule has 1 aliphatic rings. The topological polar surface area (TPSA) is 63.6 Å². The molecule has 84 valence electrons. The van der Waals surface area contributed by atoms with Crippen molar-refractivity contribution in [1.82, 2.24) is 0 Å². The molecule has 0 bridgehead atoms. The van der Waals surface area contributed by atoms with E-state index >= 15 is 0 Å². The van der Waals surface area contributed by atoms with Gasteiger partial charge in [0.25, 0.3) is 0 Å². The molecule has 15 heavy (non-hydrogen) atoms. The normalized spacial score (nSPS) is 29.1. The van der Waals surface area contributed by atoms with Crippen LogP contribution in [0.5, 0.6) is 0 Å². The molecule has 0 heterocycles. The van der Waals surface area contributed by atoms with Crippen LogP contribution in [0, 0.1) is 17.8 Å². The molecule has 0 aromatic rings. The summed E-state index contributed by atoms with van der Waals surface area (Å²) in [5.74, 6) is -0.773. The summed E-state index contributed by atoms with van der Waals surface area (Å²) in [5, 5.41) is 8.71. The van der Waals surface area contributed by atoms with E-state index in [0.29, 0.717) is 6.61 Å². The Morgan fingerprint density at radius 1 is 1.40 bits per heavy atom. The van der Waals surface area contributed by atoms with Gasteiger partial charge in [0.1, 0.15) is 0 Å². The predicted molar refractivity (Wildman–Crippen MR) is 54.2 cm³/mol. The van der Waals surface area contributed by atoms with Gasteiger partial charge >= 0.3 is 11.9 Å². The standard InChI is InChI=1S/C11H16O4/c1-7-3-4-9(5-11(13)14)10(7)6-15-8(2)12/h3-4,7,9-10H,5-6H2,1-2H3,(H,13,14)/t7-,9+,10+/m1/s1. The number of rotatable bonds is 4. The third-order valence-electron chi connectivity index (χ3n) is 2.78. The fourth-order valence-electron chi connectivity index (χ4n) is 1.90. The fourth-order valence-corrected chi connectivity index (χ4v) is 1.90. The Morgan fingerprint density at radius 2 is 2.07 bits per heavy atom. The van der Waals surface area contributed by atoms with E-state index < -0.39 is 5.97 Å². The summed E-state index contributed by atoms with van der Waals surface area (Å²) >= 11 is 0. The molecule has 0 unspecified atom stereocenters. The second-order valence-electron chi connectivity index (χ2n) is 3.97. The highest BCUT2D eigenvalue weighted by atomic mass is 16.5. The second kappa shape index (κ2) is 4.96. The molecule has 0 saturated heterocycles. The molecular formula is C11H16O4. The Balaban J connectivity index is 2.51. The van der Waals surface area contributed by atoms with Crippen molar-refractivity contribution in [3.05, 3.63) is 12.2 Å². The highest BCUT2D eigenvalue weighted by Crippen LogP contribution is 2.33. The maximum atomic E-state index is 10.7. The van der Waals surface area contributed by atoms with Crippen LogP contribution in [-0.2, 0) is 14.3 Å². The molecule has 4 nitrogen and oxygen atoms in total. The van der Waals surface area contributed by atoms with Crippen molar-refractivity contribution in [2.24, 2.45) is 17.8 Å². The summed E-state index contributed by atoms with van der Waals surface area (Å²) < 4.78 is 4.94. The van der Waals surface area contributed by atoms with Crippen molar-refractivity contribution in [3.8, 4) is 0 Å². The molecule has 0 amide bonds. The molecule has 1 N–H and O–H groups in total. The van der Waals surface area contributed by atoms with Crippen molar-refractivity contribution in [3.63, 3.8) is 0 Å². The summed E-state index contributed by atoms with van der Waals surface area (Å²) in [6.45, 7) is 3.67. The fraction of sp³-hybridized carbons (Fsp3) is 0.636. The SMILES string of the molecule is CC(=O)OC[C@H]1[C@H](C)C=C[C@H]1CC(=O)O. The Hall–Kier alpha value is -1.32. The number of carbonyl (C=O) groups is 2. The van der Waals surface area contributed by atoms with Gasteiger partial charge in [-0.3, -0.25) is 9.59 Å². The molecule has 0 fully saturated rings. The van der Waals surface area contributed by atoms with Gasteiger partial charge in [-0.2, -0.15) is 0 Å². The van der Waals surface area contributed by atoms with E-state index in [9.17, 15) is 9.59 Å². The van der Waals surface area contributed by atoms with Crippen LogP contribution in [0.3, 0.4) is 0 Å². The third-order valence-corrected chi connectivity index (χ3v) is 2.78. The molecule has 0 aromatic heterocycles. The van der Waals surface area contributed by atoms with E-state index in [4.69, 9.17) is 9.84 Å². The first kappa shape index (κ1) is 11.8. The Labute approximate surface area is 88.9 Å². The second-order valence-corrected chi connectivity index (χ2v) is 3.97. The van der Waals surface area contributed by atoms with Crippen LogP contribution in [-0.4, -0.2) is 23.7 Å². The lowest BCUT2D eigenvalue weighted by Gasteiger charge is -2.21. The molecule has 0 radical (unpaired) electrons. The molecule has 4 heteroatoms. The van der Waals surface area contributed by atoms with Gasteiger partial charge in [-0.15, -0.1) is 0 Å². The van der Waals surface area contributed by atoms with Crippen LogP contribution >= 0.6 is 0 Å². The number of allylic oxidation sites excluding steroid dienone is 2. The van der Waals surface area contributed by atoms with E-state index in [1.165, 1.54) is 6.92 Å². The van der Waals surface area contributed by atoms with E-state index in [1.54, 1.807) is 0 Å². The van der Waals surface area contributed by atoms with Crippen molar-refractivity contribution in [2.75, 3.05) is 6.61 Å². The smallest absolute Gasteiger partial charge is 0.303 e. The number of esters is 1. The van der Waals surface area contributed by atoms with E-state index in [-0.39, 0.29) is 30.1 Å². The number of carboxylic acid groups (broad SMARTS) is 1. The third kappa shape index (κ3) is 3.38. The van der Waals surface area contributed by atoms with E-state index in [1.807, 2.05) is 19.1 Å².